The highest BCUT2D eigenvalue weighted by molar-refractivity contribution is 5.67. The first-order valence-corrected chi connectivity index (χ1v) is 5.71. The number of carboxylic acids is 1. The smallest absolute Gasteiger partial charge is 0.305 e. The molecule has 0 aliphatic carbocycles. The number of likely N-dealkylation sites (N-methyl/N-ethyl adjacent to an activating group) is 1. The van der Waals surface area contributed by atoms with Crippen molar-refractivity contribution in [3.05, 3.63) is 29.3 Å². The number of carboxylic acid groups (broad SMARTS) is 1. The third kappa shape index (κ3) is 3.45. The molecule has 1 aromatic rings. The van der Waals surface area contributed by atoms with Crippen molar-refractivity contribution in [3.8, 4) is 5.75 Å². The maximum absolute atomic E-state index is 10.7. The van der Waals surface area contributed by atoms with Crippen LogP contribution in [0.15, 0.2) is 18.2 Å². The van der Waals surface area contributed by atoms with Crippen LogP contribution in [0.5, 0.6) is 5.75 Å². The summed E-state index contributed by atoms with van der Waals surface area (Å²) >= 11 is 0. The molecule has 2 unspecified atom stereocenters. The molecule has 0 amide bonds. The van der Waals surface area contributed by atoms with Crippen molar-refractivity contribution in [2.45, 2.75) is 25.5 Å². The summed E-state index contributed by atoms with van der Waals surface area (Å²) in [6.07, 6.45) is -1.000. The Bertz CT molecular complexity index is 419. The average molecular weight is 253 g/mol. The van der Waals surface area contributed by atoms with Crippen LogP contribution >= 0.6 is 0 Å². The van der Waals surface area contributed by atoms with Gasteiger partial charge in [0, 0.05) is 6.04 Å². The van der Waals surface area contributed by atoms with Gasteiger partial charge in [-0.3, -0.25) is 4.79 Å². The van der Waals surface area contributed by atoms with Crippen molar-refractivity contribution < 1.29 is 19.7 Å². The summed E-state index contributed by atoms with van der Waals surface area (Å²) in [7, 11) is 3.21. The van der Waals surface area contributed by atoms with E-state index >= 15 is 0 Å². The molecule has 0 saturated heterocycles. The summed E-state index contributed by atoms with van der Waals surface area (Å²) in [5.74, 6) is -0.234. The van der Waals surface area contributed by atoms with Gasteiger partial charge in [0.15, 0.2) is 0 Å². The van der Waals surface area contributed by atoms with Gasteiger partial charge in [-0.1, -0.05) is 6.07 Å². The van der Waals surface area contributed by atoms with E-state index in [9.17, 15) is 9.90 Å². The van der Waals surface area contributed by atoms with Gasteiger partial charge < -0.3 is 20.3 Å². The molecule has 100 valence electrons. The second-order valence-electron chi connectivity index (χ2n) is 4.16. The first kappa shape index (κ1) is 14.5. The van der Waals surface area contributed by atoms with Crippen molar-refractivity contribution in [3.63, 3.8) is 0 Å². The van der Waals surface area contributed by atoms with Crippen molar-refractivity contribution in [2.24, 2.45) is 0 Å². The number of aliphatic hydroxyl groups is 1. The third-order valence-corrected chi connectivity index (χ3v) is 2.94. The molecule has 3 N–H and O–H groups in total. The molecule has 0 fully saturated rings. The van der Waals surface area contributed by atoms with E-state index < -0.39 is 18.1 Å². The quantitative estimate of drug-likeness (QED) is 0.707. The van der Waals surface area contributed by atoms with Crippen LogP contribution in [0.3, 0.4) is 0 Å². The zero-order chi connectivity index (χ0) is 13.7. The molecule has 0 aliphatic heterocycles. The molecule has 18 heavy (non-hydrogen) atoms. The van der Waals surface area contributed by atoms with E-state index in [1.54, 1.807) is 26.3 Å². The Morgan fingerprint density at radius 2 is 2.17 bits per heavy atom. The lowest BCUT2D eigenvalue weighted by Gasteiger charge is -2.23. The Morgan fingerprint density at radius 3 is 2.61 bits per heavy atom. The maximum atomic E-state index is 10.7. The van der Waals surface area contributed by atoms with E-state index in [-0.39, 0.29) is 6.42 Å². The van der Waals surface area contributed by atoms with E-state index in [0.29, 0.717) is 11.3 Å². The fourth-order valence-electron chi connectivity index (χ4n) is 1.88. The van der Waals surface area contributed by atoms with Crippen LogP contribution in [0.25, 0.3) is 0 Å². The topological polar surface area (TPSA) is 78.8 Å². The number of methoxy groups -OCH3 is 1. The number of aliphatic carboxylic acids is 1. The van der Waals surface area contributed by atoms with Crippen LogP contribution in [0.2, 0.25) is 0 Å². The second kappa shape index (κ2) is 6.37. The maximum Gasteiger partial charge on any atom is 0.305 e. The molecule has 2 atom stereocenters. The van der Waals surface area contributed by atoms with E-state index in [0.717, 1.165) is 5.56 Å². The molecular formula is C13H19NO4. The number of aliphatic hydroxyl groups excluding tert-OH is 1. The first-order valence-electron chi connectivity index (χ1n) is 5.71. The minimum absolute atomic E-state index is 0.136. The largest absolute Gasteiger partial charge is 0.497 e. The van der Waals surface area contributed by atoms with Crippen molar-refractivity contribution in [1.29, 1.82) is 0 Å². The van der Waals surface area contributed by atoms with E-state index in [1.165, 1.54) is 0 Å². The summed E-state index contributed by atoms with van der Waals surface area (Å²) in [5.41, 5.74) is 1.57. The molecule has 0 bridgehead atoms. The number of nitrogens with one attached hydrogen (secondary N) is 1. The van der Waals surface area contributed by atoms with Crippen LogP contribution in [-0.4, -0.2) is 36.4 Å². The summed E-state index contributed by atoms with van der Waals surface area (Å²) in [4.78, 5) is 10.7. The number of ether oxygens (including phenoxy) is 1. The highest BCUT2D eigenvalue weighted by Gasteiger charge is 2.23. The third-order valence-electron chi connectivity index (χ3n) is 2.94. The van der Waals surface area contributed by atoms with Crippen LogP contribution in [-0.2, 0) is 4.79 Å². The van der Waals surface area contributed by atoms with Gasteiger partial charge in [0.1, 0.15) is 5.75 Å². The van der Waals surface area contributed by atoms with Gasteiger partial charge in [0.05, 0.1) is 19.6 Å². The Morgan fingerprint density at radius 1 is 1.50 bits per heavy atom. The number of aryl methyl sites for hydroxylation is 1. The Kier molecular flexibility index (Phi) is 5.12. The molecule has 5 nitrogen and oxygen atoms in total. The van der Waals surface area contributed by atoms with Gasteiger partial charge in [-0.25, -0.2) is 0 Å². The average Bonchev–Trinajstić information content (AvgIpc) is 2.34. The molecule has 0 radical (unpaired) electrons. The van der Waals surface area contributed by atoms with Gasteiger partial charge in [-0.15, -0.1) is 0 Å². The van der Waals surface area contributed by atoms with Crippen molar-refractivity contribution in [2.75, 3.05) is 14.2 Å². The fourth-order valence-corrected chi connectivity index (χ4v) is 1.88. The molecule has 0 heterocycles. The van der Waals surface area contributed by atoms with Gasteiger partial charge in [-0.05, 0) is 37.2 Å². The lowest BCUT2D eigenvalue weighted by atomic mass is 9.96. The SMILES string of the molecule is CNC(CC(=O)O)C(O)c1ccc(OC)cc1C. The minimum Gasteiger partial charge on any atom is -0.497 e. The van der Waals surface area contributed by atoms with Crippen molar-refractivity contribution >= 4 is 5.97 Å². The molecular weight excluding hydrogens is 234 g/mol. The van der Waals surface area contributed by atoms with Gasteiger partial charge in [0.25, 0.3) is 0 Å². The van der Waals surface area contributed by atoms with Gasteiger partial charge in [-0.2, -0.15) is 0 Å². The molecule has 0 aromatic heterocycles. The van der Waals surface area contributed by atoms with E-state index in [1.807, 2.05) is 13.0 Å². The van der Waals surface area contributed by atoms with Crippen LogP contribution < -0.4 is 10.1 Å². The molecule has 0 aliphatic rings. The molecule has 0 saturated carbocycles. The van der Waals surface area contributed by atoms with Gasteiger partial charge in [0.2, 0.25) is 0 Å². The monoisotopic (exact) mass is 253 g/mol. The van der Waals surface area contributed by atoms with Crippen molar-refractivity contribution in [1.82, 2.24) is 5.32 Å². The fraction of sp³-hybridized carbons (Fsp3) is 0.462. The van der Waals surface area contributed by atoms with Crippen LogP contribution in [0, 0.1) is 6.92 Å². The summed E-state index contributed by atoms with van der Waals surface area (Å²) in [6.45, 7) is 1.86. The first-order chi connectivity index (χ1) is 8.49. The molecule has 5 heteroatoms. The minimum atomic E-state index is -0.945. The zero-order valence-corrected chi connectivity index (χ0v) is 10.8. The Labute approximate surface area is 106 Å². The number of rotatable bonds is 6. The highest BCUT2D eigenvalue weighted by Crippen LogP contribution is 2.25. The summed E-state index contributed by atoms with van der Waals surface area (Å²) in [6, 6.07) is 4.80. The summed E-state index contributed by atoms with van der Waals surface area (Å²) in [5, 5.41) is 21.8. The van der Waals surface area contributed by atoms with E-state index in [2.05, 4.69) is 5.32 Å². The number of carbonyl (C=O) groups is 1. The molecule has 1 rings (SSSR count). The highest BCUT2D eigenvalue weighted by atomic mass is 16.5. The standard InChI is InChI=1S/C13H19NO4/c1-8-6-9(18-3)4-5-10(8)13(17)11(14-2)7-12(15)16/h4-6,11,13-14,17H,7H2,1-3H3,(H,15,16). The van der Waals surface area contributed by atoms with E-state index in [4.69, 9.17) is 9.84 Å². The second-order valence-corrected chi connectivity index (χ2v) is 4.16. The molecule has 1 aromatic carbocycles. The van der Waals surface area contributed by atoms with Crippen LogP contribution in [0.1, 0.15) is 23.7 Å². The molecule has 0 spiro atoms. The predicted octanol–water partition coefficient (Wildman–Crippen LogP) is 1.10. The number of benzene rings is 1. The number of hydrogen-bond acceptors (Lipinski definition) is 4. The van der Waals surface area contributed by atoms with Gasteiger partial charge >= 0.3 is 5.97 Å². The normalized spacial score (nSPS) is 14.0. The Hall–Kier alpha value is -1.59. The zero-order valence-electron chi connectivity index (χ0n) is 10.8. The summed E-state index contributed by atoms with van der Waals surface area (Å²) < 4.78 is 5.09. The number of hydrogen-bond donors (Lipinski definition) is 3. The van der Waals surface area contributed by atoms with Crippen LogP contribution in [0.4, 0.5) is 0 Å². The lowest BCUT2D eigenvalue weighted by molar-refractivity contribution is -0.138. The lowest BCUT2D eigenvalue weighted by Crippen LogP contribution is -2.34. The Balaban J connectivity index is 2.94. The predicted molar refractivity (Wildman–Crippen MR) is 67.8 cm³/mol.